The Bertz CT molecular complexity index is 273. The van der Waals surface area contributed by atoms with Crippen molar-refractivity contribution in [2.24, 2.45) is 5.92 Å². The van der Waals surface area contributed by atoms with Crippen LogP contribution in [-0.2, 0) is 9.53 Å². The Morgan fingerprint density at radius 2 is 2.05 bits per heavy atom. The number of carbonyl (C=O) groups excluding carboxylic acids is 1. The molecule has 0 amide bonds. The lowest BCUT2D eigenvalue weighted by Gasteiger charge is -2.21. The fraction of sp³-hybridized carbons (Fsp3) is 0.933. The molecule has 2 atom stereocenters. The topological polar surface area (TPSA) is 26.3 Å². The van der Waals surface area contributed by atoms with Crippen LogP contribution in [0.3, 0.4) is 0 Å². The third-order valence-corrected chi connectivity index (χ3v) is 6.81. The lowest BCUT2D eigenvalue weighted by Crippen LogP contribution is -2.18. The largest absolute Gasteiger partial charge is 0.463 e. The first-order valence-electron chi connectivity index (χ1n) is 7.41. The summed E-state index contributed by atoms with van der Waals surface area (Å²) in [6, 6.07) is 0. The van der Waals surface area contributed by atoms with Crippen molar-refractivity contribution in [3.05, 3.63) is 0 Å². The van der Waals surface area contributed by atoms with E-state index in [0.717, 1.165) is 19.3 Å². The normalized spacial score (nSPS) is 24.7. The summed E-state index contributed by atoms with van der Waals surface area (Å²) in [4.78, 5) is 11.7. The highest BCUT2D eigenvalue weighted by molar-refractivity contribution is 8.77. The van der Waals surface area contributed by atoms with Gasteiger partial charge in [-0.2, -0.15) is 0 Å². The minimum Gasteiger partial charge on any atom is -0.463 e. The van der Waals surface area contributed by atoms with Crippen LogP contribution in [0.4, 0.5) is 0 Å². The Kier molecular flexibility index (Phi) is 7.66. The molecule has 0 bridgehead atoms. The first kappa shape index (κ1) is 17.2. The molecule has 1 fully saturated rings. The van der Waals surface area contributed by atoms with E-state index >= 15 is 0 Å². The second-order valence-electron chi connectivity index (χ2n) is 6.24. The van der Waals surface area contributed by atoms with Crippen LogP contribution in [0.2, 0.25) is 0 Å². The molecule has 1 aliphatic heterocycles. The van der Waals surface area contributed by atoms with Crippen LogP contribution < -0.4 is 0 Å². The zero-order chi connectivity index (χ0) is 14.3. The van der Waals surface area contributed by atoms with Crippen LogP contribution >= 0.6 is 21.6 Å². The summed E-state index contributed by atoms with van der Waals surface area (Å²) < 4.78 is 5.85. The quantitative estimate of drug-likeness (QED) is 0.355. The molecule has 4 heteroatoms. The van der Waals surface area contributed by atoms with E-state index < -0.39 is 0 Å². The molecule has 1 unspecified atom stereocenters. The molecule has 112 valence electrons. The van der Waals surface area contributed by atoms with Gasteiger partial charge >= 0.3 is 5.97 Å². The van der Waals surface area contributed by atoms with Gasteiger partial charge in [0.25, 0.3) is 0 Å². The average molecular weight is 305 g/mol. The van der Waals surface area contributed by atoms with Crippen LogP contribution in [0, 0.1) is 5.92 Å². The zero-order valence-electron chi connectivity index (χ0n) is 12.7. The Morgan fingerprint density at radius 1 is 1.32 bits per heavy atom. The molecule has 1 aliphatic rings. The number of unbranched alkanes of at least 4 members (excludes halogenated alkanes) is 1. The van der Waals surface area contributed by atoms with Gasteiger partial charge in [-0.15, -0.1) is 0 Å². The Morgan fingerprint density at radius 3 is 2.63 bits per heavy atom. The molecule has 1 saturated heterocycles. The molecular formula is C15H28O2S2. The molecule has 0 spiro atoms. The van der Waals surface area contributed by atoms with Crippen LogP contribution in [0.5, 0.6) is 0 Å². The van der Waals surface area contributed by atoms with Gasteiger partial charge in [0.2, 0.25) is 0 Å². The van der Waals surface area contributed by atoms with Gasteiger partial charge in [-0.05, 0) is 45.4 Å². The maximum absolute atomic E-state index is 11.7. The van der Waals surface area contributed by atoms with Gasteiger partial charge in [0.05, 0.1) is 6.10 Å². The highest BCUT2D eigenvalue weighted by Gasteiger charge is 2.29. The van der Waals surface area contributed by atoms with Gasteiger partial charge in [-0.3, -0.25) is 4.79 Å². The minimum absolute atomic E-state index is 0.0215. The average Bonchev–Trinajstić information content (AvgIpc) is 2.71. The highest BCUT2D eigenvalue weighted by Crippen LogP contribution is 2.49. The molecule has 0 aromatic rings. The number of hydrogen-bond donors (Lipinski definition) is 0. The van der Waals surface area contributed by atoms with Crippen LogP contribution in [-0.4, -0.2) is 22.6 Å². The van der Waals surface area contributed by atoms with E-state index in [9.17, 15) is 4.79 Å². The summed E-state index contributed by atoms with van der Waals surface area (Å²) in [6.45, 7) is 8.65. The molecule has 19 heavy (non-hydrogen) atoms. The Hall–Kier alpha value is 0.170. The van der Waals surface area contributed by atoms with Crippen LogP contribution in [0.15, 0.2) is 0 Å². The van der Waals surface area contributed by atoms with Crippen LogP contribution in [0.1, 0.15) is 66.2 Å². The fourth-order valence-corrected chi connectivity index (χ4v) is 5.71. The molecule has 0 aliphatic carbocycles. The molecule has 0 radical (unpaired) electrons. The zero-order valence-corrected chi connectivity index (χ0v) is 14.4. The van der Waals surface area contributed by atoms with Gasteiger partial charge in [0.15, 0.2) is 0 Å². The van der Waals surface area contributed by atoms with E-state index in [0.29, 0.717) is 17.1 Å². The van der Waals surface area contributed by atoms with Gasteiger partial charge in [0, 0.05) is 16.9 Å². The van der Waals surface area contributed by atoms with E-state index in [1.807, 2.05) is 28.5 Å². The standard InChI is InChI=1S/C15H28O2S2/c1-12(2)11-13(3)17-14(16)7-5-6-8-15(4)9-10-18-19-15/h12-13H,5-11H2,1-4H3/t13?,15-/m1/s1. The Labute approximate surface area is 126 Å². The molecule has 1 heterocycles. The molecular weight excluding hydrogens is 276 g/mol. The van der Waals surface area contributed by atoms with Crippen molar-refractivity contribution in [2.45, 2.75) is 77.1 Å². The van der Waals surface area contributed by atoms with E-state index in [1.165, 1.54) is 18.6 Å². The van der Waals surface area contributed by atoms with Crippen LogP contribution in [0.25, 0.3) is 0 Å². The second-order valence-corrected chi connectivity index (χ2v) is 9.25. The van der Waals surface area contributed by atoms with Gasteiger partial charge in [0.1, 0.15) is 0 Å². The minimum atomic E-state index is -0.0215. The van der Waals surface area contributed by atoms with E-state index in [1.54, 1.807) is 0 Å². The second kappa shape index (κ2) is 8.46. The van der Waals surface area contributed by atoms with Gasteiger partial charge in [-0.1, -0.05) is 41.9 Å². The van der Waals surface area contributed by atoms with E-state index in [-0.39, 0.29) is 12.1 Å². The number of hydrogen-bond acceptors (Lipinski definition) is 4. The SMILES string of the molecule is CC(C)CC(C)OC(=O)CCCC[C@]1(C)CCSS1. The maximum Gasteiger partial charge on any atom is 0.306 e. The van der Waals surface area contributed by atoms with E-state index in [2.05, 4.69) is 20.8 Å². The van der Waals surface area contributed by atoms with E-state index in [4.69, 9.17) is 4.74 Å². The summed E-state index contributed by atoms with van der Waals surface area (Å²) in [5.74, 6) is 1.84. The first-order chi connectivity index (χ1) is 8.91. The summed E-state index contributed by atoms with van der Waals surface area (Å²) in [7, 11) is 4.01. The summed E-state index contributed by atoms with van der Waals surface area (Å²) in [5, 5.41) is 0. The number of rotatable bonds is 8. The predicted molar refractivity (Wildman–Crippen MR) is 86.5 cm³/mol. The third-order valence-electron chi connectivity index (χ3n) is 3.45. The van der Waals surface area contributed by atoms with Crippen molar-refractivity contribution in [1.29, 1.82) is 0 Å². The number of ether oxygens (including phenoxy) is 1. The summed E-state index contributed by atoms with van der Waals surface area (Å²) in [6.07, 6.45) is 6.23. The van der Waals surface area contributed by atoms with Crippen molar-refractivity contribution in [3.8, 4) is 0 Å². The molecule has 0 aromatic heterocycles. The monoisotopic (exact) mass is 304 g/mol. The lowest BCUT2D eigenvalue weighted by atomic mass is 9.99. The predicted octanol–water partition coefficient (Wildman–Crippen LogP) is 5.07. The first-order valence-corrected chi connectivity index (χ1v) is 9.73. The fourth-order valence-electron chi connectivity index (χ4n) is 2.41. The molecule has 2 nitrogen and oxygen atoms in total. The number of esters is 1. The summed E-state index contributed by atoms with van der Waals surface area (Å²) in [5.41, 5.74) is 0. The van der Waals surface area contributed by atoms with Gasteiger partial charge in [-0.25, -0.2) is 0 Å². The van der Waals surface area contributed by atoms with Crippen molar-refractivity contribution < 1.29 is 9.53 Å². The smallest absolute Gasteiger partial charge is 0.306 e. The molecule has 1 rings (SSSR count). The lowest BCUT2D eigenvalue weighted by molar-refractivity contribution is -0.149. The van der Waals surface area contributed by atoms with Gasteiger partial charge < -0.3 is 4.74 Å². The molecule has 0 aromatic carbocycles. The molecule has 0 saturated carbocycles. The van der Waals surface area contributed by atoms with Crippen molar-refractivity contribution >= 4 is 27.6 Å². The van der Waals surface area contributed by atoms with Crippen molar-refractivity contribution in [2.75, 3.05) is 5.75 Å². The maximum atomic E-state index is 11.7. The van der Waals surface area contributed by atoms with Crippen molar-refractivity contribution in [1.82, 2.24) is 0 Å². The third kappa shape index (κ3) is 7.50. The number of carbonyl (C=O) groups is 1. The highest BCUT2D eigenvalue weighted by atomic mass is 33.1. The Balaban J connectivity index is 2.07. The summed E-state index contributed by atoms with van der Waals surface area (Å²) >= 11 is 0. The van der Waals surface area contributed by atoms with Crippen molar-refractivity contribution in [3.63, 3.8) is 0 Å². The molecule has 0 N–H and O–H groups in total.